The Hall–Kier alpha value is -0.610. The van der Waals surface area contributed by atoms with Crippen LogP contribution < -0.4 is 5.84 Å². The summed E-state index contributed by atoms with van der Waals surface area (Å²) in [6, 6.07) is 0.220. The van der Waals surface area contributed by atoms with Crippen LogP contribution in [0.25, 0.3) is 0 Å². The number of likely N-dealkylation sites (N-methyl/N-ethyl adjacent to an activating group) is 1. The molecule has 0 aromatic rings. The summed E-state index contributed by atoms with van der Waals surface area (Å²) >= 11 is 0. The van der Waals surface area contributed by atoms with Gasteiger partial charge in [0.25, 0.3) is 0 Å². The molecule has 1 amide bonds. The molecule has 0 saturated carbocycles. The van der Waals surface area contributed by atoms with Crippen LogP contribution in [-0.2, 0) is 4.79 Å². The van der Waals surface area contributed by atoms with Crippen molar-refractivity contribution in [3.8, 4) is 0 Å². The van der Waals surface area contributed by atoms with Gasteiger partial charge in [0, 0.05) is 13.5 Å². The molecule has 0 aromatic carbocycles. The van der Waals surface area contributed by atoms with Crippen LogP contribution in [0.15, 0.2) is 0 Å². The molecule has 1 aliphatic heterocycles. The van der Waals surface area contributed by atoms with E-state index in [4.69, 9.17) is 5.84 Å². The van der Waals surface area contributed by atoms with Crippen molar-refractivity contribution in [3.05, 3.63) is 0 Å². The molecule has 11 heavy (non-hydrogen) atoms. The summed E-state index contributed by atoms with van der Waals surface area (Å²) in [4.78, 5) is 13.0. The second-order valence-electron chi connectivity index (χ2n) is 3.13. The van der Waals surface area contributed by atoms with Gasteiger partial charge in [-0.05, 0) is 20.0 Å². The SMILES string of the molecule is CC(=O)N(N)[C@@H]1CCN(C)C1. The van der Waals surface area contributed by atoms with E-state index in [-0.39, 0.29) is 11.9 Å². The topological polar surface area (TPSA) is 49.6 Å². The quantitative estimate of drug-likeness (QED) is 0.314. The van der Waals surface area contributed by atoms with Crippen molar-refractivity contribution >= 4 is 5.91 Å². The molecule has 0 spiro atoms. The summed E-state index contributed by atoms with van der Waals surface area (Å²) in [5.41, 5.74) is 0. The Kier molecular flexibility index (Phi) is 2.46. The van der Waals surface area contributed by atoms with Crippen LogP contribution in [0.2, 0.25) is 0 Å². The average molecular weight is 157 g/mol. The maximum absolute atomic E-state index is 10.8. The Bertz CT molecular complexity index is 160. The van der Waals surface area contributed by atoms with Gasteiger partial charge in [0.15, 0.2) is 0 Å². The lowest BCUT2D eigenvalue weighted by Crippen LogP contribution is -2.45. The van der Waals surface area contributed by atoms with Gasteiger partial charge >= 0.3 is 0 Å². The molecule has 0 aromatic heterocycles. The molecule has 0 bridgehead atoms. The minimum Gasteiger partial charge on any atom is -0.304 e. The summed E-state index contributed by atoms with van der Waals surface area (Å²) in [5, 5.41) is 1.34. The van der Waals surface area contributed by atoms with E-state index in [2.05, 4.69) is 4.90 Å². The standard InChI is InChI=1S/C7H15N3O/c1-6(11)10(8)7-3-4-9(2)5-7/h7H,3-5,8H2,1-2H3/t7-/m1/s1. The maximum Gasteiger partial charge on any atom is 0.233 e. The minimum absolute atomic E-state index is 0.0506. The highest BCUT2D eigenvalue weighted by atomic mass is 16.2. The molecule has 1 aliphatic rings. The number of carbonyl (C=O) groups excluding carboxylic acids is 1. The van der Waals surface area contributed by atoms with E-state index in [0.717, 1.165) is 19.5 Å². The van der Waals surface area contributed by atoms with E-state index in [1.165, 1.54) is 11.9 Å². The lowest BCUT2D eigenvalue weighted by molar-refractivity contribution is -0.131. The molecule has 4 heteroatoms. The Morgan fingerprint density at radius 1 is 1.73 bits per heavy atom. The molecule has 1 rings (SSSR count). The third-order valence-corrected chi connectivity index (χ3v) is 2.12. The highest BCUT2D eigenvalue weighted by Gasteiger charge is 2.24. The van der Waals surface area contributed by atoms with Crippen LogP contribution in [0.4, 0.5) is 0 Å². The first kappa shape index (κ1) is 8.49. The number of hydrogen-bond acceptors (Lipinski definition) is 3. The zero-order valence-electron chi connectivity index (χ0n) is 7.08. The first-order chi connectivity index (χ1) is 5.11. The van der Waals surface area contributed by atoms with Crippen LogP contribution in [-0.4, -0.2) is 42.0 Å². The van der Waals surface area contributed by atoms with Crippen molar-refractivity contribution in [2.75, 3.05) is 20.1 Å². The summed E-state index contributed by atoms with van der Waals surface area (Å²) in [6.07, 6.45) is 0.993. The normalized spacial score (nSPS) is 25.5. The van der Waals surface area contributed by atoms with Crippen molar-refractivity contribution in [1.29, 1.82) is 0 Å². The van der Waals surface area contributed by atoms with E-state index >= 15 is 0 Å². The Balaban J connectivity index is 2.43. The summed E-state index contributed by atoms with van der Waals surface area (Å²) < 4.78 is 0. The van der Waals surface area contributed by atoms with Gasteiger partial charge in [-0.1, -0.05) is 0 Å². The molecule has 1 heterocycles. The van der Waals surface area contributed by atoms with E-state index in [1.54, 1.807) is 0 Å². The number of nitrogens with two attached hydrogens (primary N) is 1. The van der Waals surface area contributed by atoms with Gasteiger partial charge in [-0.25, -0.2) is 5.84 Å². The number of nitrogens with zero attached hydrogens (tertiary/aromatic N) is 2. The molecule has 2 N–H and O–H groups in total. The highest BCUT2D eigenvalue weighted by Crippen LogP contribution is 2.10. The van der Waals surface area contributed by atoms with Gasteiger partial charge in [0.05, 0.1) is 6.04 Å². The van der Waals surface area contributed by atoms with Crippen LogP contribution in [0.5, 0.6) is 0 Å². The monoisotopic (exact) mass is 157 g/mol. The van der Waals surface area contributed by atoms with Gasteiger partial charge < -0.3 is 4.90 Å². The number of amides is 1. The van der Waals surface area contributed by atoms with Crippen molar-refractivity contribution in [3.63, 3.8) is 0 Å². The molecule has 1 fully saturated rings. The zero-order valence-corrected chi connectivity index (χ0v) is 7.08. The molecule has 64 valence electrons. The van der Waals surface area contributed by atoms with E-state index < -0.39 is 0 Å². The average Bonchev–Trinajstić information content (AvgIpc) is 2.34. The van der Waals surface area contributed by atoms with Crippen LogP contribution in [0.1, 0.15) is 13.3 Å². The number of hydrogen-bond donors (Lipinski definition) is 1. The summed E-state index contributed by atoms with van der Waals surface area (Å²) in [5.74, 6) is 5.49. The fourth-order valence-electron chi connectivity index (χ4n) is 1.40. The second-order valence-corrected chi connectivity index (χ2v) is 3.13. The lowest BCUT2D eigenvalue weighted by atomic mass is 10.2. The Morgan fingerprint density at radius 2 is 2.36 bits per heavy atom. The number of carbonyl (C=O) groups is 1. The largest absolute Gasteiger partial charge is 0.304 e. The van der Waals surface area contributed by atoms with Gasteiger partial charge in [-0.2, -0.15) is 0 Å². The first-order valence-corrected chi connectivity index (χ1v) is 3.84. The molecular formula is C7H15N3O. The first-order valence-electron chi connectivity index (χ1n) is 3.84. The third kappa shape index (κ3) is 1.91. The fourth-order valence-corrected chi connectivity index (χ4v) is 1.40. The van der Waals surface area contributed by atoms with Crippen LogP contribution >= 0.6 is 0 Å². The van der Waals surface area contributed by atoms with Gasteiger partial charge in [-0.15, -0.1) is 0 Å². The molecule has 0 radical (unpaired) electrons. The summed E-state index contributed by atoms with van der Waals surface area (Å²) in [7, 11) is 2.04. The van der Waals surface area contributed by atoms with Gasteiger partial charge in [0.1, 0.15) is 0 Å². The van der Waals surface area contributed by atoms with Gasteiger partial charge in [0.2, 0.25) is 5.91 Å². The summed E-state index contributed by atoms with van der Waals surface area (Å²) in [6.45, 7) is 3.43. The molecule has 0 unspecified atom stereocenters. The van der Waals surface area contributed by atoms with Crippen LogP contribution in [0, 0.1) is 0 Å². The van der Waals surface area contributed by atoms with Gasteiger partial charge in [-0.3, -0.25) is 9.80 Å². The number of likely N-dealkylation sites (tertiary alicyclic amines) is 1. The Morgan fingerprint density at radius 3 is 2.73 bits per heavy atom. The molecule has 1 atom stereocenters. The second kappa shape index (κ2) is 3.19. The molecular weight excluding hydrogens is 142 g/mol. The molecule has 1 saturated heterocycles. The Labute approximate surface area is 66.9 Å². The van der Waals surface area contributed by atoms with Crippen LogP contribution in [0.3, 0.4) is 0 Å². The third-order valence-electron chi connectivity index (χ3n) is 2.12. The van der Waals surface area contributed by atoms with Crippen molar-refractivity contribution in [1.82, 2.24) is 9.91 Å². The zero-order chi connectivity index (χ0) is 8.43. The fraction of sp³-hybridized carbons (Fsp3) is 0.857. The van der Waals surface area contributed by atoms with Crippen molar-refractivity contribution < 1.29 is 4.79 Å². The molecule has 4 nitrogen and oxygen atoms in total. The van der Waals surface area contributed by atoms with Crippen molar-refractivity contribution in [2.45, 2.75) is 19.4 Å². The lowest BCUT2D eigenvalue weighted by Gasteiger charge is -2.21. The van der Waals surface area contributed by atoms with E-state index in [1.807, 2.05) is 7.05 Å². The van der Waals surface area contributed by atoms with Crippen molar-refractivity contribution in [2.24, 2.45) is 5.84 Å². The van der Waals surface area contributed by atoms with E-state index in [0.29, 0.717) is 0 Å². The number of hydrazine groups is 1. The molecule has 0 aliphatic carbocycles. The number of rotatable bonds is 1. The maximum atomic E-state index is 10.8. The minimum atomic E-state index is -0.0506. The smallest absolute Gasteiger partial charge is 0.233 e. The predicted molar refractivity (Wildman–Crippen MR) is 42.6 cm³/mol. The predicted octanol–water partition coefficient (Wildman–Crippen LogP) is -0.587. The highest BCUT2D eigenvalue weighted by molar-refractivity contribution is 5.72. The van der Waals surface area contributed by atoms with E-state index in [9.17, 15) is 4.79 Å².